The summed E-state index contributed by atoms with van der Waals surface area (Å²) in [5.74, 6) is 1.09. The summed E-state index contributed by atoms with van der Waals surface area (Å²) >= 11 is 0. The quantitative estimate of drug-likeness (QED) is 0.848. The number of sulfonamides is 1. The number of oxazole rings is 1. The van der Waals surface area contributed by atoms with E-state index < -0.39 is 10.0 Å². The van der Waals surface area contributed by atoms with Gasteiger partial charge in [-0.3, -0.25) is 0 Å². The molecule has 2 aromatic rings. The van der Waals surface area contributed by atoms with E-state index in [4.69, 9.17) is 4.42 Å². The molecular formula is C13H17N3O3S. The molecule has 7 heteroatoms. The van der Waals surface area contributed by atoms with Gasteiger partial charge in [-0.05, 0) is 12.1 Å². The molecule has 0 saturated heterocycles. The first-order valence-corrected chi connectivity index (χ1v) is 7.75. The standard InChI is InChI=1S/C13H17N3O3S/c1-3-10-8-15-13(19-10)9-16-20(17,18)12-7-5-4-6-11(12)14-2/h4-8,14,16H,3,9H2,1-2H3. The van der Waals surface area contributed by atoms with E-state index in [0.717, 1.165) is 12.2 Å². The predicted octanol–water partition coefficient (Wildman–Crippen LogP) is 1.76. The molecule has 2 rings (SSSR count). The summed E-state index contributed by atoms with van der Waals surface area (Å²) in [6.07, 6.45) is 2.33. The Hall–Kier alpha value is -1.86. The molecule has 0 radical (unpaired) electrons. The minimum atomic E-state index is -3.61. The van der Waals surface area contributed by atoms with Crippen LogP contribution in [0.3, 0.4) is 0 Å². The summed E-state index contributed by atoms with van der Waals surface area (Å²) < 4.78 is 32.3. The van der Waals surface area contributed by atoms with E-state index in [0.29, 0.717) is 11.6 Å². The summed E-state index contributed by atoms with van der Waals surface area (Å²) in [4.78, 5) is 4.22. The molecule has 108 valence electrons. The molecule has 1 aromatic carbocycles. The maximum absolute atomic E-state index is 12.2. The molecule has 0 saturated carbocycles. The molecule has 0 aliphatic rings. The Morgan fingerprint density at radius 1 is 1.30 bits per heavy atom. The van der Waals surface area contributed by atoms with Crippen LogP contribution in [0.1, 0.15) is 18.6 Å². The third-order valence-corrected chi connectivity index (χ3v) is 4.27. The first kappa shape index (κ1) is 14.5. The van der Waals surface area contributed by atoms with Crippen molar-refractivity contribution in [3.05, 3.63) is 42.1 Å². The summed E-state index contributed by atoms with van der Waals surface area (Å²) in [5.41, 5.74) is 0.543. The Kier molecular flexibility index (Phi) is 4.41. The van der Waals surface area contributed by atoms with E-state index in [-0.39, 0.29) is 11.4 Å². The van der Waals surface area contributed by atoms with Crippen molar-refractivity contribution < 1.29 is 12.8 Å². The van der Waals surface area contributed by atoms with Crippen LogP contribution in [0.5, 0.6) is 0 Å². The van der Waals surface area contributed by atoms with Crippen molar-refractivity contribution in [3.8, 4) is 0 Å². The first-order chi connectivity index (χ1) is 9.56. The van der Waals surface area contributed by atoms with E-state index in [1.165, 1.54) is 0 Å². The van der Waals surface area contributed by atoms with Crippen molar-refractivity contribution in [2.24, 2.45) is 0 Å². The number of aromatic nitrogens is 1. The van der Waals surface area contributed by atoms with E-state index in [2.05, 4.69) is 15.0 Å². The van der Waals surface area contributed by atoms with Gasteiger partial charge in [0.25, 0.3) is 0 Å². The van der Waals surface area contributed by atoms with Crippen molar-refractivity contribution in [2.45, 2.75) is 24.8 Å². The highest BCUT2D eigenvalue weighted by atomic mass is 32.2. The highest BCUT2D eigenvalue weighted by molar-refractivity contribution is 7.89. The summed E-state index contributed by atoms with van der Waals surface area (Å²) in [5, 5.41) is 2.85. The molecule has 1 aromatic heterocycles. The van der Waals surface area contributed by atoms with Crippen molar-refractivity contribution in [2.75, 3.05) is 12.4 Å². The second-order valence-electron chi connectivity index (χ2n) is 4.14. The summed E-state index contributed by atoms with van der Waals surface area (Å²) in [7, 11) is -1.93. The maximum Gasteiger partial charge on any atom is 0.243 e. The number of benzene rings is 1. The van der Waals surface area contributed by atoms with Crippen LogP contribution in [0, 0.1) is 0 Å². The molecule has 0 aliphatic carbocycles. The van der Waals surface area contributed by atoms with Gasteiger partial charge in [0.15, 0.2) is 0 Å². The smallest absolute Gasteiger partial charge is 0.243 e. The number of nitrogens with zero attached hydrogens (tertiary/aromatic N) is 1. The van der Waals surface area contributed by atoms with Crippen LogP contribution in [0.15, 0.2) is 39.8 Å². The van der Waals surface area contributed by atoms with Gasteiger partial charge in [-0.2, -0.15) is 0 Å². The largest absolute Gasteiger partial charge is 0.444 e. The van der Waals surface area contributed by atoms with Gasteiger partial charge >= 0.3 is 0 Å². The highest BCUT2D eigenvalue weighted by Gasteiger charge is 2.18. The Morgan fingerprint density at radius 3 is 2.70 bits per heavy atom. The van der Waals surface area contributed by atoms with Crippen LogP contribution < -0.4 is 10.0 Å². The molecule has 0 bridgehead atoms. The minimum Gasteiger partial charge on any atom is -0.444 e. The van der Waals surface area contributed by atoms with Gasteiger partial charge in [-0.15, -0.1) is 0 Å². The topological polar surface area (TPSA) is 84.2 Å². The highest BCUT2D eigenvalue weighted by Crippen LogP contribution is 2.20. The van der Waals surface area contributed by atoms with Crippen molar-refractivity contribution >= 4 is 15.7 Å². The monoisotopic (exact) mass is 295 g/mol. The van der Waals surface area contributed by atoms with Crippen LogP contribution in [-0.2, 0) is 23.0 Å². The van der Waals surface area contributed by atoms with Gasteiger partial charge in [-0.25, -0.2) is 18.1 Å². The van der Waals surface area contributed by atoms with Crippen LogP contribution >= 0.6 is 0 Å². The van der Waals surface area contributed by atoms with Crippen molar-refractivity contribution in [1.82, 2.24) is 9.71 Å². The minimum absolute atomic E-state index is 0.0282. The Balaban J connectivity index is 2.15. The lowest BCUT2D eigenvalue weighted by Crippen LogP contribution is -2.24. The molecule has 0 fully saturated rings. The number of hydrogen-bond acceptors (Lipinski definition) is 5. The average Bonchev–Trinajstić information content (AvgIpc) is 2.93. The lowest BCUT2D eigenvalue weighted by Gasteiger charge is -2.09. The zero-order valence-corrected chi connectivity index (χ0v) is 12.2. The second kappa shape index (κ2) is 6.06. The summed E-state index contributed by atoms with van der Waals surface area (Å²) in [6, 6.07) is 6.69. The lowest BCUT2D eigenvalue weighted by atomic mass is 10.3. The fourth-order valence-electron chi connectivity index (χ4n) is 1.74. The maximum atomic E-state index is 12.2. The van der Waals surface area contributed by atoms with Gasteiger partial charge in [0, 0.05) is 13.5 Å². The molecule has 0 spiro atoms. The molecule has 1 heterocycles. The zero-order valence-electron chi connectivity index (χ0n) is 11.4. The number of hydrogen-bond donors (Lipinski definition) is 2. The molecule has 2 N–H and O–H groups in total. The van der Waals surface area contributed by atoms with Gasteiger partial charge in [0.2, 0.25) is 15.9 Å². The third kappa shape index (κ3) is 3.17. The van der Waals surface area contributed by atoms with E-state index >= 15 is 0 Å². The van der Waals surface area contributed by atoms with Crippen LogP contribution in [-0.4, -0.2) is 20.4 Å². The average molecular weight is 295 g/mol. The fourth-order valence-corrected chi connectivity index (χ4v) is 2.92. The van der Waals surface area contributed by atoms with E-state index in [9.17, 15) is 8.42 Å². The molecule has 0 amide bonds. The molecule has 0 atom stereocenters. The van der Waals surface area contributed by atoms with Gasteiger partial charge in [-0.1, -0.05) is 19.1 Å². The number of para-hydroxylation sites is 1. The molecule has 0 unspecified atom stereocenters. The molecule has 0 aliphatic heterocycles. The van der Waals surface area contributed by atoms with Crippen LogP contribution in [0.4, 0.5) is 5.69 Å². The van der Waals surface area contributed by atoms with Crippen LogP contribution in [0.25, 0.3) is 0 Å². The fraction of sp³-hybridized carbons (Fsp3) is 0.308. The molecular weight excluding hydrogens is 278 g/mol. The Labute approximate surface area is 118 Å². The Bertz CT molecular complexity index is 680. The number of aryl methyl sites for hydroxylation is 1. The number of anilines is 1. The number of nitrogens with one attached hydrogen (secondary N) is 2. The van der Waals surface area contributed by atoms with Gasteiger partial charge in [0.1, 0.15) is 10.7 Å². The van der Waals surface area contributed by atoms with Crippen molar-refractivity contribution in [1.29, 1.82) is 0 Å². The van der Waals surface area contributed by atoms with E-state index in [1.54, 1.807) is 37.5 Å². The van der Waals surface area contributed by atoms with Gasteiger partial charge < -0.3 is 9.73 Å². The SMILES string of the molecule is CCc1cnc(CNS(=O)(=O)c2ccccc2NC)o1. The lowest BCUT2D eigenvalue weighted by molar-refractivity contribution is 0.452. The predicted molar refractivity (Wildman–Crippen MR) is 75.9 cm³/mol. The molecule has 6 nitrogen and oxygen atoms in total. The normalized spacial score (nSPS) is 11.5. The van der Waals surface area contributed by atoms with Crippen molar-refractivity contribution in [3.63, 3.8) is 0 Å². The second-order valence-corrected chi connectivity index (χ2v) is 5.88. The third-order valence-electron chi connectivity index (χ3n) is 2.81. The van der Waals surface area contributed by atoms with Gasteiger partial charge in [0.05, 0.1) is 18.4 Å². The summed E-state index contributed by atoms with van der Waals surface area (Å²) in [6.45, 7) is 1.97. The molecule has 20 heavy (non-hydrogen) atoms. The van der Waals surface area contributed by atoms with Crippen LogP contribution in [0.2, 0.25) is 0 Å². The first-order valence-electron chi connectivity index (χ1n) is 6.27. The Morgan fingerprint density at radius 2 is 2.05 bits per heavy atom. The zero-order chi connectivity index (χ0) is 14.6. The number of rotatable bonds is 6. The van der Waals surface area contributed by atoms with E-state index in [1.807, 2.05) is 6.92 Å².